The highest BCUT2D eigenvalue weighted by atomic mass is 19.3. The number of hydrogen-bond donors (Lipinski definition) is 3. The van der Waals surface area contributed by atoms with Gasteiger partial charge in [-0.2, -0.15) is 0 Å². The van der Waals surface area contributed by atoms with Crippen molar-refractivity contribution in [3.05, 3.63) is 29.8 Å². The Hall–Kier alpha value is -2.02. The zero-order valence-corrected chi connectivity index (χ0v) is 13.1. The van der Waals surface area contributed by atoms with E-state index in [9.17, 15) is 18.4 Å². The third-order valence-electron chi connectivity index (χ3n) is 5.57. The second-order valence-corrected chi connectivity index (χ2v) is 6.83. The van der Waals surface area contributed by atoms with Gasteiger partial charge in [0.05, 0.1) is 11.3 Å². The van der Waals surface area contributed by atoms with Crippen molar-refractivity contribution in [2.24, 2.45) is 5.92 Å². The zero-order chi connectivity index (χ0) is 16.9. The summed E-state index contributed by atoms with van der Waals surface area (Å²) >= 11 is 0. The highest BCUT2D eigenvalue weighted by Crippen LogP contribution is 2.69. The van der Waals surface area contributed by atoms with E-state index >= 15 is 0 Å². The molecule has 2 heterocycles. The summed E-state index contributed by atoms with van der Waals surface area (Å²) in [5.74, 6) is -3.90. The number of fused-ring (bicyclic) bond motifs is 1. The fourth-order valence-electron chi connectivity index (χ4n) is 4.14. The molecule has 1 aromatic rings. The van der Waals surface area contributed by atoms with Gasteiger partial charge in [0.15, 0.2) is 0 Å². The second-order valence-electron chi connectivity index (χ2n) is 6.83. The van der Waals surface area contributed by atoms with Crippen LogP contribution in [0.3, 0.4) is 0 Å². The molecule has 2 amide bonds. The number of imide groups is 1. The molecule has 0 radical (unpaired) electrons. The predicted molar refractivity (Wildman–Crippen MR) is 83.8 cm³/mol. The first-order valence-electron chi connectivity index (χ1n) is 8.24. The maximum Gasteiger partial charge on any atom is 0.263 e. The van der Waals surface area contributed by atoms with Gasteiger partial charge in [0.2, 0.25) is 11.8 Å². The van der Waals surface area contributed by atoms with E-state index in [0.717, 1.165) is 0 Å². The molecule has 2 saturated heterocycles. The summed E-state index contributed by atoms with van der Waals surface area (Å²) in [4.78, 5) is 22.9. The van der Waals surface area contributed by atoms with E-state index in [1.54, 1.807) is 24.3 Å². The van der Waals surface area contributed by atoms with Crippen LogP contribution in [0.2, 0.25) is 0 Å². The minimum absolute atomic E-state index is 0.264. The van der Waals surface area contributed by atoms with Gasteiger partial charge in [0.1, 0.15) is 6.04 Å². The zero-order valence-electron chi connectivity index (χ0n) is 13.1. The van der Waals surface area contributed by atoms with E-state index in [-0.39, 0.29) is 11.8 Å². The van der Waals surface area contributed by atoms with E-state index in [1.807, 2.05) is 0 Å². The second kappa shape index (κ2) is 5.24. The first-order valence-corrected chi connectivity index (χ1v) is 8.24. The summed E-state index contributed by atoms with van der Waals surface area (Å²) in [6.07, 6.45) is 1.16. The van der Waals surface area contributed by atoms with Crippen LogP contribution < -0.4 is 16.0 Å². The summed E-state index contributed by atoms with van der Waals surface area (Å²) in [7, 11) is 0. The number of rotatable bonds is 3. The third-order valence-corrected chi connectivity index (χ3v) is 5.57. The number of carbonyl (C=O) groups excluding carboxylic acids is 2. The molecule has 7 heteroatoms. The Balaban J connectivity index is 1.50. The molecule has 0 spiro atoms. The monoisotopic (exact) mass is 335 g/mol. The molecule has 5 nitrogen and oxygen atoms in total. The highest BCUT2D eigenvalue weighted by molar-refractivity contribution is 6.01. The molecule has 24 heavy (non-hydrogen) atoms. The molecule has 3 atom stereocenters. The van der Waals surface area contributed by atoms with Gasteiger partial charge in [-0.05, 0) is 37.1 Å². The van der Waals surface area contributed by atoms with Gasteiger partial charge in [-0.15, -0.1) is 0 Å². The molecule has 1 aromatic carbocycles. The van der Waals surface area contributed by atoms with Crippen molar-refractivity contribution in [3.8, 4) is 0 Å². The van der Waals surface area contributed by atoms with Crippen LogP contribution in [-0.2, 0) is 15.0 Å². The SMILES string of the molecule is O=C1CCC(Nc2ccc(C34CCNCC3C4(F)F)cc2)C(=O)N1. The standard InChI is InChI=1S/C17H19F2N3O2/c18-17(19)13-9-20-8-7-16(13,17)10-1-3-11(4-2-10)21-12-5-6-14(23)22-15(12)24/h1-4,12-13,20-21H,5-9H2,(H,22,23,24). The summed E-state index contributed by atoms with van der Waals surface area (Å²) in [5, 5.41) is 8.39. The summed E-state index contributed by atoms with van der Waals surface area (Å²) in [6, 6.07) is 6.46. The van der Waals surface area contributed by atoms with Crippen LogP contribution >= 0.6 is 0 Å². The maximum absolute atomic E-state index is 14.3. The molecular weight excluding hydrogens is 316 g/mol. The number of anilines is 1. The first kappa shape index (κ1) is 15.5. The van der Waals surface area contributed by atoms with E-state index in [4.69, 9.17) is 0 Å². The van der Waals surface area contributed by atoms with Crippen LogP contribution in [0, 0.1) is 5.92 Å². The average molecular weight is 335 g/mol. The lowest BCUT2D eigenvalue weighted by Crippen LogP contribution is -2.47. The molecule has 3 N–H and O–H groups in total. The molecule has 0 bridgehead atoms. The number of carbonyl (C=O) groups is 2. The molecule has 128 valence electrons. The van der Waals surface area contributed by atoms with Crippen LogP contribution in [0.1, 0.15) is 24.8 Å². The van der Waals surface area contributed by atoms with Gasteiger partial charge in [0, 0.05) is 18.7 Å². The number of halogens is 2. The van der Waals surface area contributed by atoms with Crippen LogP contribution in [0.4, 0.5) is 14.5 Å². The lowest BCUT2D eigenvalue weighted by molar-refractivity contribution is -0.133. The topological polar surface area (TPSA) is 70.2 Å². The Morgan fingerprint density at radius 2 is 1.92 bits per heavy atom. The van der Waals surface area contributed by atoms with Gasteiger partial charge >= 0.3 is 0 Å². The summed E-state index contributed by atoms with van der Waals surface area (Å²) < 4.78 is 28.5. The largest absolute Gasteiger partial charge is 0.374 e. The van der Waals surface area contributed by atoms with Crippen molar-refractivity contribution in [2.45, 2.75) is 36.6 Å². The number of alkyl halides is 2. The van der Waals surface area contributed by atoms with E-state index < -0.39 is 23.3 Å². The molecule has 2 aliphatic heterocycles. The van der Waals surface area contributed by atoms with E-state index in [1.165, 1.54) is 0 Å². The number of amides is 2. The Morgan fingerprint density at radius 1 is 1.17 bits per heavy atom. The Labute approximate surface area is 138 Å². The highest BCUT2D eigenvalue weighted by Gasteiger charge is 2.80. The molecule has 3 unspecified atom stereocenters. The molecule has 1 saturated carbocycles. The molecule has 1 aliphatic carbocycles. The van der Waals surface area contributed by atoms with Crippen LogP contribution in [0.5, 0.6) is 0 Å². The molecule has 3 aliphatic rings. The van der Waals surface area contributed by atoms with Gasteiger partial charge in [-0.25, -0.2) is 8.78 Å². The smallest absolute Gasteiger partial charge is 0.263 e. The normalized spacial score (nSPS) is 34.2. The molecule has 4 rings (SSSR count). The van der Waals surface area contributed by atoms with Gasteiger partial charge in [-0.1, -0.05) is 12.1 Å². The van der Waals surface area contributed by atoms with Gasteiger partial charge < -0.3 is 10.6 Å². The van der Waals surface area contributed by atoms with Crippen molar-refractivity contribution in [2.75, 3.05) is 18.4 Å². The number of benzene rings is 1. The number of hydrogen-bond acceptors (Lipinski definition) is 4. The number of nitrogens with one attached hydrogen (secondary N) is 3. The van der Waals surface area contributed by atoms with Crippen molar-refractivity contribution in [1.29, 1.82) is 0 Å². The lowest BCUT2D eigenvalue weighted by Gasteiger charge is -2.24. The van der Waals surface area contributed by atoms with Crippen LogP contribution in [-0.4, -0.2) is 36.9 Å². The Morgan fingerprint density at radius 3 is 2.58 bits per heavy atom. The van der Waals surface area contributed by atoms with Gasteiger partial charge in [0.25, 0.3) is 5.92 Å². The predicted octanol–water partition coefficient (Wildman–Crippen LogP) is 1.40. The maximum atomic E-state index is 14.3. The first-order chi connectivity index (χ1) is 11.4. The van der Waals surface area contributed by atoms with Crippen molar-refractivity contribution in [1.82, 2.24) is 10.6 Å². The fourth-order valence-corrected chi connectivity index (χ4v) is 4.14. The van der Waals surface area contributed by atoms with Gasteiger partial charge in [-0.3, -0.25) is 14.9 Å². The van der Waals surface area contributed by atoms with Crippen molar-refractivity contribution in [3.63, 3.8) is 0 Å². The van der Waals surface area contributed by atoms with Crippen LogP contribution in [0.25, 0.3) is 0 Å². The van der Waals surface area contributed by atoms with Crippen molar-refractivity contribution < 1.29 is 18.4 Å². The quantitative estimate of drug-likeness (QED) is 0.731. The number of piperidine rings is 2. The Kier molecular flexibility index (Phi) is 3.38. The molecular formula is C17H19F2N3O2. The average Bonchev–Trinajstić information content (AvgIpc) is 3.09. The van der Waals surface area contributed by atoms with E-state index in [0.29, 0.717) is 43.6 Å². The van der Waals surface area contributed by atoms with E-state index in [2.05, 4.69) is 16.0 Å². The lowest BCUT2D eigenvalue weighted by atomic mass is 9.87. The van der Waals surface area contributed by atoms with Crippen LogP contribution in [0.15, 0.2) is 24.3 Å². The summed E-state index contributed by atoms with van der Waals surface area (Å²) in [5.41, 5.74) is 0.317. The Bertz CT molecular complexity index is 692. The van der Waals surface area contributed by atoms with Crippen molar-refractivity contribution >= 4 is 17.5 Å². The molecule has 0 aromatic heterocycles. The fraction of sp³-hybridized carbons (Fsp3) is 0.529. The molecule has 3 fully saturated rings. The summed E-state index contributed by atoms with van der Waals surface area (Å²) in [6.45, 7) is 0.950. The minimum Gasteiger partial charge on any atom is -0.374 e. The third kappa shape index (κ3) is 2.14. The minimum atomic E-state index is -2.66.